The van der Waals surface area contributed by atoms with Gasteiger partial charge in [-0.15, -0.1) is 0 Å². The Balaban J connectivity index is 3.77. The van der Waals surface area contributed by atoms with E-state index in [2.05, 4.69) is 53.8 Å². The van der Waals surface area contributed by atoms with Gasteiger partial charge in [0.15, 0.2) is 0 Å². The average Bonchev–Trinajstić information content (AvgIpc) is 2.13. The zero-order valence-corrected chi connectivity index (χ0v) is 12.3. The number of nitrogens with one attached hydrogen (secondary N) is 1. The molecular formula is C14H31NO. The highest BCUT2D eigenvalue weighted by atomic mass is 16.5. The Bertz CT molecular complexity index is 178. The van der Waals surface area contributed by atoms with E-state index in [0.29, 0.717) is 18.1 Å². The Morgan fingerprint density at radius 2 is 1.62 bits per heavy atom. The Morgan fingerprint density at radius 3 is 2.06 bits per heavy atom. The van der Waals surface area contributed by atoms with Gasteiger partial charge in [0.1, 0.15) is 0 Å². The summed E-state index contributed by atoms with van der Waals surface area (Å²) in [5.41, 5.74) is 0.221. The lowest BCUT2D eigenvalue weighted by Crippen LogP contribution is -2.43. The molecule has 2 nitrogen and oxygen atoms in total. The van der Waals surface area contributed by atoms with Gasteiger partial charge in [-0.3, -0.25) is 0 Å². The second-order valence-electron chi connectivity index (χ2n) is 6.01. The molecule has 2 atom stereocenters. The van der Waals surface area contributed by atoms with Gasteiger partial charge in [-0.25, -0.2) is 0 Å². The summed E-state index contributed by atoms with van der Waals surface area (Å²) < 4.78 is 5.94. The number of ether oxygens (including phenoxy) is 1. The highest BCUT2D eigenvalue weighted by Crippen LogP contribution is 2.11. The number of rotatable bonds is 8. The van der Waals surface area contributed by atoms with Gasteiger partial charge < -0.3 is 10.1 Å². The van der Waals surface area contributed by atoms with Crippen LogP contribution >= 0.6 is 0 Å². The molecule has 2 unspecified atom stereocenters. The molecule has 0 aromatic heterocycles. The van der Waals surface area contributed by atoms with Crippen molar-refractivity contribution in [3.8, 4) is 0 Å². The lowest BCUT2D eigenvalue weighted by molar-refractivity contribution is -0.00410. The van der Waals surface area contributed by atoms with E-state index in [1.807, 2.05) is 0 Å². The van der Waals surface area contributed by atoms with Crippen LogP contribution in [0.4, 0.5) is 0 Å². The maximum atomic E-state index is 5.94. The van der Waals surface area contributed by atoms with Crippen molar-refractivity contribution in [2.45, 2.75) is 79.1 Å². The lowest BCUT2D eigenvalue weighted by Gasteiger charge is -2.28. The highest BCUT2D eigenvalue weighted by Gasteiger charge is 2.16. The van der Waals surface area contributed by atoms with Crippen molar-refractivity contribution in [3.63, 3.8) is 0 Å². The predicted octanol–water partition coefficient (Wildman–Crippen LogP) is 3.60. The lowest BCUT2D eigenvalue weighted by atomic mass is 10.0. The molecule has 1 N–H and O–H groups in total. The van der Waals surface area contributed by atoms with Crippen LogP contribution < -0.4 is 5.32 Å². The average molecular weight is 229 g/mol. The molecule has 0 bridgehead atoms. The highest BCUT2D eigenvalue weighted by molar-refractivity contribution is 4.76. The van der Waals surface area contributed by atoms with Crippen LogP contribution in [0.15, 0.2) is 0 Å². The minimum atomic E-state index is 0.221. The van der Waals surface area contributed by atoms with Gasteiger partial charge in [-0.2, -0.15) is 0 Å². The van der Waals surface area contributed by atoms with Gasteiger partial charge in [0.25, 0.3) is 0 Å². The first-order valence-electron chi connectivity index (χ1n) is 6.67. The monoisotopic (exact) mass is 229 g/mol. The molecular weight excluding hydrogens is 198 g/mol. The van der Waals surface area contributed by atoms with Crippen molar-refractivity contribution >= 4 is 0 Å². The maximum Gasteiger partial charge on any atom is 0.0675 e. The smallest absolute Gasteiger partial charge is 0.0675 e. The Hall–Kier alpha value is -0.0800. The van der Waals surface area contributed by atoms with Crippen molar-refractivity contribution in [1.82, 2.24) is 5.32 Å². The van der Waals surface area contributed by atoms with E-state index in [1.165, 1.54) is 0 Å². The normalized spacial score (nSPS) is 16.5. The Morgan fingerprint density at radius 1 is 1.06 bits per heavy atom. The number of hydrogen-bond donors (Lipinski definition) is 1. The van der Waals surface area contributed by atoms with Crippen molar-refractivity contribution in [1.29, 1.82) is 0 Å². The van der Waals surface area contributed by atoms with Gasteiger partial charge in [-0.05, 0) is 46.5 Å². The van der Waals surface area contributed by atoms with Crippen LogP contribution in [-0.4, -0.2) is 24.3 Å². The summed E-state index contributed by atoms with van der Waals surface area (Å²) in [6.45, 7) is 16.4. The summed E-state index contributed by atoms with van der Waals surface area (Å²) in [6.07, 6.45) is 2.93. The van der Waals surface area contributed by atoms with Crippen LogP contribution in [0.25, 0.3) is 0 Å². The van der Waals surface area contributed by atoms with Crippen LogP contribution in [0, 0.1) is 5.92 Å². The van der Waals surface area contributed by atoms with E-state index in [4.69, 9.17) is 4.74 Å². The van der Waals surface area contributed by atoms with Crippen molar-refractivity contribution in [2.75, 3.05) is 6.54 Å². The molecule has 0 heterocycles. The first kappa shape index (κ1) is 15.9. The zero-order chi connectivity index (χ0) is 12.8. The van der Waals surface area contributed by atoms with Crippen molar-refractivity contribution in [2.24, 2.45) is 5.92 Å². The molecule has 0 aromatic rings. The molecule has 0 fully saturated rings. The molecule has 0 spiro atoms. The first-order chi connectivity index (χ1) is 7.26. The third-order valence-electron chi connectivity index (χ3n) is 3.02. The standard InChI is InChI=1S/C14H31NO/c1-8-14(6,7)15-10-13(5)16-12(4)9-11(2)3/h11-13,15H,8-10H2,1-7H3. The van der Waals surface area contributed by atoms with Crippen LogP contribution in [0.1, 0.15) is 61.3 Å². The van der Waals surface area contributed by atoms with Crippen molar-refractivity contribution < 1.29 is 4.74 Å². The summed E-state index contributed by atoms with van der Waals surface area (Å²) in [5.74, 6) is 0.710. The van der Waals surface area contributed by atoms with Crippen molar-refractivity contribution in [3.05, 3.63) is 0 Å². The van der Waals surface area contributed by atoms with E-state index >= 15 is 0 Å². The van der Waals surface area contributed by atoms with Crippen LogP contribution in [0.5, 0.6) is 0 Å². The Kier molecular flexibility index (Phi) is 7.25. The van der Waals surface area contributed by atoms with Crippen LogP contribution in [-0.2, 0) is 4.74 Å². The fraction of sp³-hybridized carbons (Fsp3) is 1.00. The molecule has 0 aliphatic carbocycles. The van der Waals surface area contributed by atoms with Gasteiger partial charge in [0.05, 0.1) is 12.2 Å². The van der Waals surface area contributed by atoms with Crippen LogP contribution in [0.2, 0.25) is 0 Å². The minimum absolute atomic E-state index is 0.221. The molecule has 0 aliphatic rings. The SMILES string of the molecule is CCC(C)(C)NCC(C)OC(C)CC(C)C. The molecule has 0 amide bonds. The molecule has 0 aliphatic heterocycles. The third kappa shape index (κ3) is 8.12. The molecule has 2 heteroatoms. The van der Waals surface area contributed by atoms with Gasteiger partial charge in [0, 0.05) is 12.1 Å². The summed E-state index contributed by atoms with van der Waals surface area (Å²) >= 11 is 0. The topological polar surface area (TPSA) is 21.3 Å². The largest absolute Gasteiger partial charge is 0.374 e. The minimum Gasteiger partial charge on any atom is -0.374 e. The van der Waals surface area contributed by atoms with Gasteiger partial charge in [-0.1, -0.05) is 20.8 Å². The van der Waals surface area contributed by atoms with Crippen LogP contribution in [0.3, 0.4) is 0 Å². The summed E-state index contributed by atoms with van der Waals surface area (Å²) in [6, 6.07) is 0. The molecule has 0 aromatic carbocycles. The zero-order valence-electron chi connectivity index (χ0n) is 12.3. The molecule has 0 rings (SSSR count). The molecule has 98 valence electrons. The quantitative estimate of drug-likeness (QED) is 0.686. The molecule has 0 radical (unpaired) electrons. The Labute approximate surface area is 102 Å². The van der Waals surface area contributed by atoms with E-state index in [9.17, 15) is 0 Å². The first-order valence-corrected chi connectivity index (χ1v) is 6.67. The fourth-order valence-corrected chi connectivity index (χ4v) is 1.71. The van der Waals surface area contributed by atoms with Gasteiger partial charge >= 0.3 is 0 Å². The molecule has 16 heavy (non-hydrogen) atoms. The second kappa shape index (κ2) is 7.29. The predicted molar refractivity (Wildman–Crippen MR) is 71.8 cm³/mol. The third-order valence-corrected chi connectivity index (χ3v) is 3.02. The van der Waals surface area contributed by atoms with E-state index in [-0.39, 0.29) is 5.54 Å². The molecule has 0 saturated heterocycles. The summed E-state index contributed by atoms with van der Waals surface area (Å²) in [4.78, 5) is 0. The maximum absolute atomic E-state index is 5.94. The summed E-state index contributed by atoms with van der Waals surface area (Å²) in [5, 5.41) is 3.54. The number of hydrogen-bond acceptors (Lipinski definition) is 2. The summed E-state index contributed by atoms with van der Waals surface area (Å²) in [7, 11) is 0. The van der Waals surface area contributed by atoms with Gasteiger partial charge in [0.2, 0.25) is 0 Å². The second-order valence-corrected chi connectivity index (χ2v) is 6.01. The molecule has 0 saturated carbocycles. The van der Waals surface area contributed by atoms with E-state index < -0.39 is 0 Å². The van der Waals surface area contributed by atoms with E-state index in [0.717, 1.165) is 19.4 Å². The fourth-order valence-electron chi connectivity index (χ4n) is 1.71. The van der Waals surface area contributed by atoms with E-state index in [1.54, 1.807) is 0 Å².